The molecule has 0 unspecified atom stereocenters. The first kappa shape index (κ1) is 16.8. The summed E-state index contributed by atoms with van der Waals surface area (Å²) in [6.45, 7) is 12.9. The summed E-state index contributed by atoms with van der Waals surface area (Å²) in [6.07, 6.45) is 7.13. The van der Waals surface area contributed by atoms with Crippen molar-refractivity contribution in [2.24, 2.45) is 28.1 Å². The third-order valence-electron chi connectivity index (χ3n) is 8.13. The third kappa shape index (κ3) is 1.89. The largest absolute Gasteiger partial charge is 0.347 e. The maximum Gasteiger partial charge on any atom is 0.177 e. The maximum atomic E-state index is 13.1. The summed E-state index contributed by atoms with van der Waals surface area (Å²) in [5, 5.41) is 0. The van der Waals surface area contributed by atoms with E-state index in [-0.39, 0.29) is 16.2 Å². The summed E-state index contributed by atoms with van der Waals surface area (Å²) in [5.41, 5.74) is 1.27. The molecule has 0 amide bonds. The van der Waals surface area contributed by atoms with E-state index in [2.05, 4.69) is 40.7 Å². The fourth-order valence-electron chi connectivity index (χ4n) is 6.57. The second-order valence-electron chi connectivity index (χ2n) is 9.81. The number of carbonyl (C=O) groups is 1. The van der Waals surface area contributed by atoms with Crippen molar-refractivity contribution < 1.29 is 14.3 Å². The van der Waals surface area contributed by atoms with Gasteiger partial charge in [0, 0.05) is 23.7 Å². The van der Waals surface area contributed by atoms with Gasteiger partial charge in [0.25, 0.3) is 0 Å². The van der Waals surface area contributed by atoms with Gasteiger partial charge in [-0.1, -0.05) is 46.3 Å². The molecule has 3 atom stereocenters. The molecule has 3 aliphatic carbocycles. The van der Waals surface area contributed by atoms with E-state index in [9.17, 15) is 4.79 Å². The Kier molecular flexibility index (Phi) is 3.46. The van der Waals surface area contributed by atoms with Crippen LogP contribution < -0.4 is 0 Å². The molecular formula is C21H32O3. The van der Waals surface area contributed by atoms with Crippen LogP contribution in [-0.2, 0) is 14.3 Å². The molecule has 0 aromatic heterocycles. The Bertz CT molecular complexity index is 594. The molecule has 134 valence electrons. The summed E-state index contributed by atoms with van der Waals surface area (Å²) >= 11 is 0. The van der Waals surface area contributed by atoms with Crippen LogP contribution in [0.1, 0.15) is 66.7 Å². The first-order valence-electron chi connectivity index (χ1n) is 9.67. The van der Waals surface area contributed by atoms with Crippen LogP contribution in [0.25, 0.3) is 0 Å². The minimum atomic E-state index is -0.480. The highest BCUT2D eigenvalue weighted by molar-refractivity contribution is 5.87. The minimum Gasteiger partial charge on any atom is -0.347 e. The lowest BCUT2D eigenvalue weighted by Gasteiger charge is -2.61. The lowest BCUT2D eigenvalue weighted by molar-refractivity contribution is -0.240. The SMILES string of the molecule is CC1(C)CCC(=O)[C@]2(C)[C@@H]3CCC4(OCCO4)C(C)(C)C3=CC[C@H]12. The van der Waals surface area contributed by atoms with Crippen molar-refractivity contribution in [1.82, 2.24) is 0 Å². The first-order valence-corrected chi connectivity index (χ1v) is 9.67. The Labute approximate surface area is 146 Å². The van der Waals surface area contributed by atoms with Crippen LogP contribution >= 0.6 is 0 Å². The van der Waals surface area contributed by atoms with Crippen molar-refractivity contribution in [3.05, 3.63) is 11.6 Å². The molecule has 4 rings (SSSR count). The molecule has 1 saturated heterocycles. The lowest BCUT2D eigenvalue weighted by Crippen LogP contribution is -2.60. The number of hydrogen-bond donors (Lipinski definition) is 0. The Hall–Kier alpha value is -0.670. The standard InChI is InChI=1S/C21H32O3/c1-18(2)10-9-17(22)20(5)15-8-11-21(23-12-13-24-21)19(3,4)14(15)6-7-16(18)20/h6,15-16H,7-13H2,1-5H3/t15-,16-,20-/m1/s1. The highest BCUT2D eigenvalue weighted by Gasteiger charge is 2.64. The Morgan fingerprint density at radius 3 is 2.38 bits per heavy atom. The zero-order chi connectivity index (χ0) is 17.4. The molecule has 2 saturated carbocycles. The van der Waals surface area contributed by atoms with Gasteiger partial charge in [0.1, 0.15) is 5.78 Å². The van der Waals surface area contributed by atoms with E-state index >= 15 is 0 Å². The normalized spacial score (nSPS) is 42.4. The molecule has 3 nitrogen and oxygen atoms in total. The molecule has 1 aliphatic heterocycles. The molecule has 1 spiro atoms. The topological polar surface area (TPSA) is 35.5 Å². The molecule has 3 heteroatoms. The average Bonchev–Trinajstić information content (AvgIpc) is 2.98. The van der Waals surface area contributed by atoms with Gasteiger partial charge < -0.3 is 9.47 Å². The monoisotopic (exact) mass is 332 g/mol. The van der Waals surface area contributed by atoms with E-state index in [4.69, 9.17) is 9.47 Å². The van der Waals surface area contributed by atoms with Crippen LogP contribution in [0.2, 0.25) is 0 Å². The number of allylic oxidation sites excluding steroid dienone is 1. The highest BCUT2D eigenvalue weighted by Crippen LogP contribution is 2.65. The summed E-state index contributed by atoms with van der Waals surface area (Å²) in [5.74, 6) is 0.806. The summed E-state index contributed by atoms with van der Waals surface area (Å²) in [4.78, 5) is 13.1. The van der Waals surface area contributed by atoms with E-state index in [0.717, 1.165) is 32.1 Å². The molecule has 0 bridgehead atoms. The Balaban J connectivity index is 1.80. The van der Waals surface area contributed by atoms with Crippen LogP contribution in [0, 0.1) is 28.1 Å². The van der Waals surface area contributed by atoms with Crippen molar-refractivity contribution in [1.29, 1.82) is 0 Å². The molecule has 4 aliphatic rings. The van der Waals surface area contributed by atoms with Gasteiger partial charge in [0.2, 0.25) is 0 Å². The molecule has 3 fully saturated rings. The first-order chi connectivity index (χ1) is 11.2. The van der Waals surface area contributed by atoms with E-state index in [1.165, 1.54) is 5.57 Å². The van der Waals surface area contributed by atoms with Gasteiger partial charge in [-0.3, -0.25) is 4.79 Å². The van der Waals surface area contributed by atoms with Crippen LogP contribution in [0.5, 0.6) is 0 Å². The van der Waals surface area contributed by atoms with Crippen LogP contribution in [0.4, 0.5) is 0 Å². The Morgan fingerprint density at radius 2 is 1.71 bits per heavy atom. The average molecular weight is 332 g/mol. The molecule has 1 heterocycles. The third-order valence-corrected chi connectivity index (χ3v) is 8.13. The van der Waals surface area contributed by atoms with Crippen LogP contribution in [0.15, 0.2) is 11.6 Å². The predicted octanol–water partition coefficient (Wildman–Crippen LogP) is 4.51. The number of Topliss-reactive ketones (excluding diaryl/α,β-unsaturated/α-hetero) is 1. The van der Waals surface area contributed by atoms with Gasteiger partial charge in [0.05, 0.1) is 13.2 Å². The fourth-order valence-corrected chi connectivity index (χ4v) is 6.57. The van der Waals surface area contributed by atoms with Crippen molar-refractivity contribution in [2.45, 2.75) is 72.5 Å². The second-order valence-corrected chi connectivity index (χ2v) is 9.81. The van der Waals surface area contributed by atoms with Crippen LogP contribution in [-0.4, -0.2) is 24.8 Å². The predicted molar refractivity (Wildman–Crippen MR) is 93.5 cm³/mol. The molecular weight excluding hydrogens is 300 g/mol. The number of carbonyl (C=O) groups excluding carboxylic acids is 1. The minimum absolute atomic E-state index is 0.164. The highest BCUT2D eigenvalue weighted by atomic mass is 16.7. The number of rotatable bonds is 0. The number of ketones is 1. The quantitative estimate of drug-likeness (QED) is 0.612. The van der Waals surface area contributed by atoms with Gasteiger partial charge in [-0.15, -0.1) is 0 Å². The number of fused-ring (bicyclic) bond motifs is 3. The van der Waals surface area contributed by atoms with E-state index in [0.29, 0.717) is 30.8 Å². The van der Waals surface area contributed by atoms with Gasteiger partial charge in [-0.05, 0) is 36.5 Å². The summed E-state index contributed by atoms with van der Waals surface area (Å²) in [7, 11) is 0. The second kappa shape index (κ2) is 4.94. The molecule has 0 radical (unpaired) electrons. The van der Waals surface area contributed by atoms with Crippen molar-refractivity contribution in [3.8, 4) is 0 Å². The van der Waals surface area contributed by atoms with E-state index < -0.39 is 5.79 Å². The van der Waals surface area contributed by atoms with Crippen molar-refractivity contribution in [3.63, 3.8) is 0 Å². The van der Waals surface area contributed by atoms with Crippen molar-refractivity contribution >= 4 is 5.78 Å². The number of hydrogen-bond acceptors (Lipinski definition) is 3. The van der Waals surface area contributed by atoms with Gasteiger partial charge in [-0.25, -0.2) is 0 Å². The Morgan fingerprint density at radius 1 is 1.04 bits per heavy atom. The zero-order valence-electron chi connectivity index (χ0n) is 15.9. The molecule has 0 N–H and O–H groups in total. The fraction of sp³-hybridized carbons (Fsp3) is 0.857. The lowest BCUT2D eigenvalue weighted by atomic mass is 9.44. The van der Waals surface area contributed by atoms with Gasteiger partial charge in [-0.2, -0.15) is 0 Å². The molecule has 0 aromatic rings. The number of ether oxygens (including phenoxy) is 2. The van der Waals surface area contributed by atoms with E-state index in [1.54, 1.807) is 0 Å². The summed E-state index contributed by atoms with van der Waals surface area (Å²) < 4.78 is 12.3. The van der Waals surface area contributed by atoms with Crippen molar-refractivity contribution in [2.75, 3.05) is 13.2 Å². The summed E-state index contributed by atoms with van der Waals surface area (Å²) in [6, 6.07) is 0. The maximum absolute atomic E-state index is 13.1. The molecule has 0 aromatic carbocycles. The van der Waals surface area contributed by atoms with Gasteiger partial charge >= 0.3 is 0 Å². The molecule has 24 heavy (non-hydrogen) atoms. The van der Waals surface area contributed by atoms with Crippen LogP contribution in [0.3, 0.4) is 0 Å². The zero-order valence-corrected chi connectivity index (χ0v) is 15.9. The van der Waals surface area contributed by atoms with Gasteiger partial charge in [0.15, 0.2) is 5.79 Å². The van der Waals surface area contributed by atoms with E-state index in [1.807, 2.05) is 0 Å². The smallest absolute Gasteiger partial charge is 0.177 e.